The van der Waals surface area contributed by atoms with Crippen molar-refractivity contribution in [3.05, 3.63) is 18.0 Å². The van der Waals surface area contributed by atoms with Gasteiger partial charge in [0.1, 0.15) is 6.26 Å². The van der Waals surface area contributed by atoms with Gasteiger partial charge in [0.25, 0.3) is 5.91 Å². The van der Waals surface area contributed by atoms with E-state index in [1.165, 1.54) is 6.26 Å². The molecule has 0 spiro atoms. The Labute approximate surface area is 106 Å². The summed E-state index contributed by atoms with van der Waals surface area (Å²) in [6.45, 7) is 5.41. The van der Waals surface area contributed by atoms with Crippen molar-refractivity contribution in [3.63, 3.8) is 0 Å². The zero-order chi connectivity index (χ0) is 13.2. The number of aromatic nitrogens is 1. The Bertz CT molecular complexity index is 402. The van der Waals surface area contributed by atoms with Gasteiger partial charge in [0.15, 0.2) is 5.69 Å². The lowest BCUT2D eigenvalue weighted by molar-refractivity contribution is -0.143. The zero-order valence-corrected chi connectivity index (χ0v) is 10.9. The summed E-state index contributed by atoms with van der Waals surface area (Å²) < 4.78 is 15.6. The molecule has 6 nitrogen and oxygen atoms in total. The summed E-state index contributed by atoms with van der Waals surface area (Å²) >= 11 is 0. The third kappa shape index (κ3) is 2.88. The molecule has 1 aromatic rings. The van der Waals surface area contributed by atoms with Crippen LogP contribution in [0.2, 0.25) is 0 Å². The van der Waals surface area contributed by atoms with E-state index in [4.69, 9.17) is 14.0 Å². The molecular weight excluding hydrogens is 236 g/mol. The number of methoxy groups -OCH3 is 1. The molecule has 1 atom stereocenters. The Morgan fingerprint density at radius 3 is 3.06 bits per heavy atom. The molecule has 1 aromatic heterocycles. The molecule has 0 aromatic carbocycles. The molecule has 1 fully saturated rings. The molecule has 18 heavy (non-hydrogen) atoms. The Morgan fingerprint density at radius 2 is 2.44 bits per heavy atom. The number of carbonyl (C=O) groups is 1. The van der Waals surface area contributed by atoms with E-state index in [2.05, 4.69) is 5.16 Å². The molecule has 1 saturated heterocycles. The fourth-order valence-corrected chi connectivity index (χ4v) is 2.21. The average molecular weight is 254 g/mol. The molecule has 0 bridgehead atoms. The molecule has 100 valence electrons. The van der Waals surface area contributed by atoms with Gasteiger partial charge in [0.2, 0.25) is 0 Å². The van der Waals surface area contributed by atoms with Crippen LogP contribution in [-0.2, 0) is 9.47 Å². The largest absolute Gasteiger partial charge is 0.382 e. The fourth-order valence-electron chi connectivity index (χ4n) is 2.21. The Balaban J connectivity index is 2.10. The maximum atomic E-state index is 12.2. The summed E-state index contributed by atoms with van der Waals surface area (Å²) in [4.78, 5) is 13.9. The lowest BCUT2D eigenvalue weighted by Gasteiger charge is -2.42. The van der Waals surface area contributed by atoms with E-state index in [9.17, 15) is 4.79 Å². The van der Waals surface area contributed by atoms with Crippen LogP contribution in [0.5, 0.6) is 0 Å². The van der Waals surface area contributed by atoms with Crippen molar-refractivity contribution in [1.29, 1.82) is 0 Å². The minimum absolute atomic E-state index is 0.116. The molecule has 6 heteroatoms. The smallest absolute Gasteiger partial charge is 0.276 e. The van der Waals surface area contributed by atoms with E-state index < -0.39 is 0 Å². The van der Waals surface area contributed by atoms with Crippen molar-refractivity contribution in [2.45, 2.75) is 25.6 Å². The summed E-state index contributed by atoms with van der Waals surface area (Å²) in [5.41, 5.74) is -0.0650. The van der Waals surface area contributed by atoms with Crippen LogP contribution in [-0.4, -0.2) is 54.5 Å². The number of amides is 1. The van der Waals surface area contributed by atoms with Crippen LogP contribution in [0, 0.1) is 0 Å². The molecule has 2 heterocycles. The molecular formula is C12H18N2O4. The highest BCUT2D eigenvalue weighted by molar-refractivity contribution is 5.92. The highest BCUT2D eigenvalue weighted by atomic mass is 16.5. The van der Waals surface area contributed by atoms with E-state index in [0.29, 0.717) is 25.4 Å². The van der Waals surface area contributed by atoms with Crippen LogP contribution in [0.3, 0.4) is 0 Å². The number of hydrogen-bond donors (Lipinski definition) is 0. The SMILES string of the molecule is COC[C@@H]1CN(C(=O)c2ccon2)CC(C)(C)O1. The van der Waals surface area contributed by atoms with Gasteiger partial charge in [-0.3, -0.25) is 4.79 Å². The number of ether oxygens (including phenoxy) is 2. The second-order valence-corrected chi connectivity index (χ2v) is 5.03. The van der Waals surface area contributed by atoms with E-state index in [0.717, 1.165) is 0 Å². The van der Waals surface area contributed by atoms with Crippen molar-refractivity contribution in [2.75, 3.05) is 26.8 Å². The molecule has 1 aliphatic heterocycles. The third-order valence-corrected chi connectivity index (χ3v) is 2.78. The van der Waals surface area contributed by atoms with Crippen molar-refractivity contribution in [1.82, 2.24) is 10.1 Å². The topological polar surface area (TPSA) is 64.8 Å². The third-order valence-electron chi connectivity index (χ3n) is 2.78. The van der Waals surface area contributed by atoms with Gasteiger partial charge in [-0.2, -0.15) is 0 Å². The molecule has 2 rings (SSSR count). The predicted octanol–water partition coefficient (Wildman–Crippen LogP) is 0.941. The second-order valence-electron chi connectivity index (χ2n) is 5.03. The van der Waals surface area contributed by atoms with E-state index in [1.807, 2.05) is 13.8 Å². The monoisotopic (exact) mass is 254 g/mol. The summed E-state index contributed by atoms with van der Waals surface area (Å²) in [5.74, 6) is -0.138. The summed E-state index contributed by atoms with van der Waals surface area (Å²) in [7, 11) is 1.62. The zero-order valence-electron chi connectivity index (χ0n) is 10.9. The first-order chi connectivity index (χ1) is 8.52. The number of hydrogen-bond acceptors (Lipinski definition) is 5. The van der Waals surface area contributed by atoms with Gasteiger partial charge in [-0.15, -0.1) is 0 Å². The van der Waals surface area contributed by atoms with E-state index in [-0.39, 0.29) is 17.6 Å². The van der Waals surface area contributed by atoms with E-state index >= 15 is 0 Å². The minimum Gasteiger partial charge on any atom is -0.382 e. The van der Waals surface area contributed by atoms with Crippen LogP contribution in [0.1, 0.15) is 24.3 Å². The molecule has 0 N–H and O–H groups in total. The van der Waals surface area contributed by atoms with Crippen molar-refractivity contribution in [2.24, 2.45) is 0 Å². The lowest BCUT2D eigenvalue weighted by atomic mass is 10.0. The van der Waals surface area contributed by atoms with Gasteiger partial charge in [-0.05, 0) is 13.8 Å². The van der Waals surface area contributed by atoms with Gasteiger partial charge in [-0.25, -0.2) is 0 Å². The molecule has 0 aliphatic carbocycles. The van der Waals surface area contributed by atoms with Gasteiger partial charge in [0, 0.05) is 26.3 Å². The van der Waals surface area contributed by atoms with Crippen LogP contribution < -0.4 is 0 Å². The second kappa shape index (κ2) is 5.07. The molecule has 1 aliphatic rings. The molecule has 1 amide bonds. The van der Waals surface area contributed by atoms with Crippen LogP contribution in [0.4, 0.5) is 0 Å². The van der Waals surface area contributed by atoms with Crippen molar-refractivity contribution in [3.8, 4) is 0 Å². The van der Waals surface area contributed by atoms with Gasteiger partial charge in [-0.1, -0.05) is 5.16 Å². The predicted molar refractivity (Wildman–Crippen MR) is 63.2 cm³/mol. The first kappa shape index (κ1) is 13.0. The Hall–Kier alpha value is -1.40. The normalized spacial score (nSPS) is 23.1. The number of morpholine rings is 1. The molecule has 0 unspecified atom stereocenters. The standard InChI is InChI=1S/C12H18N2O4/c1-12(2)8-14(6-9(18-12)7-16-3)11(15)10-4-5-17-13-10/h4-5,9H,6-8H2,1-3H3/t9-/m0/s1. The van der Waals surface area contributed by atoms with Crippen molar-refractivity contribution >= 4 is 5.91 Å². The highest BCUT2D eigenvalue weighted by Crippen LogP contribution is 2.22. The number of rotatable bonds is 3. The van der Waals surface area contributed by atoms with Crippen molar-refractivity contribution < 1.29 is 18.8 Å². The van der Waals surface area contributed by atoms with E-state index in [1.54, 1.807) is 18.1 Å². The summed E-state index contributed by atoms with van der Waals surface area (Å²) in [6, 6.07) is 1.57. The average Bonchev–Trinajstić information content (AvgIpc) is 2.79. The Morgan fingerprint density at radius 1 is 1.67 bits per heavy atom. The summed E-state index contributed by atoms with van der Waals surface area (Å²) in [6.07, 6.45) is 1.28. The fraction of sp³-hybridized carbons (Fsp3) is 0.667. The quantitative estimate of drug-likeness (QED) is 0.803. The lowest BCUT2D eigenvalue weighted by Crippen LogP contribution is -2.55. The van der Waals surface area contributed by atoms with Crippen LogP contribution in [0.25, 0.3) is 0 Å². The Kier molecular flexibility index (Phi) is 3.68. The first-order valence-corrected chi connectivity index (χ1v) is 5.88. The summed E-state index contributed by atoms with van der Waals surface area (Å²) in [5, 5.41) is 3.67. The molecule has 0 saturated carbocycles. The highest BCUT2D eigenvalue weighted by Gasteiger charge is 2.36. The number of carbonyl (C=O) groups excluding carboxylic acids is 1. The maximum Gasteiger partial charge on any atom is 0.276 e. The van der Waals surface area contributed by atoms with Crippen LogP contribution in [0.15, 0.2) is 16.9 Å². The minimum atomic E-state index is -0.388. The first-order valence-electron chi connectivity index (χ1n) is 5.88. The number of nitrogens with zero attached hydrogens (tertiary/aromatic N) is 2. The van der Waals surface area contributed by atoms with Crippen LogP contribution >= 0.6 is 0 Å². The van der Waals surface area contributed by atoms with Gasteiger partial charge < -0.3 is 18.9 Å². The molecule has 0 radical (unpaired) electrons. The van der Waals surface area contributed by atoms with Gasteiger partial charge in [0.05, 0.1) is 18.3 Å². The van der Waals surface area contributed by atoms with Gasteiger partial charge >= 0.3 is 0 Å². The maximum absolute atomic E-state index is 12.2.